The Kier molecular flexibility index (Phi) is 4.78. The van der Waals surface area contributed by atoms with Crippen molar-refractivity contribution in [2.45, 2.75) is 33.2 Å². The molecule has 0 aliphatic heterocycles. The van der Waals surface area contributed by atoms with Crippen molar-refractivity contribution in [3.8, 4) is 0 Å². The standard InChI is InChI=1S/C14H17BrN2S/c1-3-10-7-11(15)5-6-13(10)16-8-12-9-18-14(4-2)17-12/h5-7,9,16H,3-4,8H2,1-2H3. The smallest absolute Gasteiger partial charge is 0.0926 e. The Labute approximate surface area is 121 Å². The lowest BCUT2D eigenvalue weighted by Gasteiger charge is -2.10. The molecule has 1 N–H and O–H groups in total. The third kappa shape index (κ3) is 3.33. The number of anilines is 1. The van der Waals surface area contributed by atoms with E-state index in [2.05, 4.69) is 63.7 Å². The van der Waals surface area contributed by atoms with Crippen LogP contribution in [-0.2, 0) is 19.4 Å². The molecular weight excluding hydrogens is 308 g/mol. The van der Waals surface area contributed by atoms with Gasteiger partial charge in [0, 0.05) is 15.5 Å². The molecule has 0 saturated carbocycles. The van der Waals surface area contributed by atoms with Crippen molar-refractivity contribution in [2.24, 2.45) is 0 Å². The van der Waals surface area contributed by atoms with E-state index in [0.717, 1.165) is 29.6 Å². The first-order chi connectivity index (χ1) is 8.72. The van der Waals surface area contributed by atoms with E-state index in [9.17, 15) is 0 Å². The van der Waals surface area contributed by atoms with Crippen molar-refractivity contribution in [3.05, 3.63) is 44.3 Å². The van der Waals surface area contributed by atoms with E-state index in [4.69, 9.17) is 0 Å². The Balaban J connectivity index is 2.05. The van der Waals surface area contributed by atoms with Gasteiger partial charge in [-0.15, -0.1) is 11.3 Å². The molecule has 0 unspecified atom stereocenters. The molecule has 18 heavy (non-hydrogen) atoms. The molecule has 2 aromatic rings. The fourth-order valence-electron chi connectivity index (χ4n) is 1.81. The van der Waals surface area contributed by atoms with Crippen LogP contribution in [0.2, 0.25) is 0 Å². The van der Waals surface area contributed by atoms with Crippen molar-refractivity contribution in [1.82, 2.24) is 4.98 Å². The second-order valence-electron chi connectivity index (χ2n) is 4.09. The van der Waals surface area contributed by atoms with Crippen molar-refractivity contribution in [2.75, 3.05) is 5.32 Å². The summed E-state index contributed by atoms with van der Waals surface area (Å²) in [5, 5.41) is 6.81. The number of hydrogen-bond acceptors (Lipinski definition) is 3. The molecule has 1 aromatic heterocycles. The summed E-state index contributed by atoms with van der Waals surface area (Å²) < 4.78 is 1.13. The van der Waals surface area contributed by atoms with Crippen LogP contribution in [0.1, 0.15) is 30.1 Å². The highest BCUT2D eigenvalue weighted by molar-refractivity contribution is 9.10. The van der Waals surface area contributed by atoms with E-state index in [-0.39, 0.29) is 0 Å². The van der Waals surface area contributed by atoms with Gasteiger partial charge in [-0.1, -0.05) is 29.8 Å². The quantitative estimate of drug-likeness (QED) is 0.866. The summed E-state index contributed by atoms with van der Waals surface area (Å²) in [5.41, 5.74) is 3.66. The summed E-state index contributed by atoms with van der Waals surface area (Å²) in [6.45, 7) is 5.11. The summed E-state index contributed by atoms with van der Waals surface area (Å²) in [7, 11) is 0. The maximum absolute atomic E-state index is 4.56. The van der Waals surface area contributed by atoms with Gasteiger partial charge in [-0.05, 0) is 36.6 Å². The number of thiazole rings is 1. The zero-order chi connectivity index (χ0) is 13.0. The lowest BCUT2D eigenvalue weighted by molar-refractivity contribution is 1.00. The molecule has 1 aromatic carbocycles. The molecule has 0 fully saturated rings. The van der Waals surface area contributed by atoms with Crippen molar-refractivity contribution in [1.29, 1.82) is 0 Å². The van der Waals surface area contributed by atoms with Gasteiger partial charge in [0.1, 0.15) is 0 Å². The monoisotopic (exact) mass is 324 g/mol. The molecular formula is C14H17BrN2S. The predicted octanol–water partition coefficient (Wildman–Crippen LogP) is 4.64. The third-order valence-corrected chi connectivity index (χ3v) is 4.35. The molecule has 0 radical (unpaired) electrons. The van der Waals surface area contributed by atoms with Crippen molar-refractivity contribution in [3.63, 3.8) is 0 Å². The largest absolute Gasteiger partial charge is 0.379 e. The van der Waals surface area contributed by atoms with E-state index in [0.29, 0.717) is 0 Å². The van der Waals surface area contributed by atoms with Crippen LogP contribution < -0.4 is 5.32 Å². The molecule has 0 bridgehead atoms. The maximum atomic E-state index is 4.56. The van der Waals surface area contributed by atoms with Gasteiger partial charge in [-0.25, -0.2) is 4.98 Å². The Morgan fingerprint density at radius 2 is 2.11 bits per heavy atom. The number of aryl methyl sites for hydroxylation is 2. The molecule has 0 aliphatic carbocycles. The zero-order valence-electron chi connectivity index (χ0n) is 10.7. The van der Waals surface area contributed by atoms with Crippen LogP contribution in [0.15, 0.2) is 28.1 Å². The molecule has 1 heterocycles. The minimum absolute atomic E-state index is 0.797. The Morgan fingerprint density at radius 3 is 2.78 bits per heavy atom. The fraction of sp³-hybridized carbons (Fsp3) is 0.357. The highest BCUT2D eigenvalue weighted by atomic mass is 79.9. The van der Waals surface area contributed by atoms with Crippen LogP contribution in [0.5, 0.6) is 0 Å². The number of rotatable bonds is 5. The molecule has 2 rings (SSSR count). The second-order valence-corrected chi connectivity index (χ2v) is 5.95. The van der Waals surface area contributed by atoms with Gasteiger partial charge >= 0.3 is 0 Å². The first-order valence-corrected chi connectivity index (χ1v) is 7.85. The molecule has 4 heteroatoms. The number of nitrogens with zero attached hydrogens (tertiary/aromatic N) is 1. The Hall–Kier alpha value is -0.870. The van der Waals surface area contributed by atoms with Crippen LogP contribution in [0.25, 0.3) is 0 Å². The number of hydrogen-bond donors (Lipinski definition) is 1. The van der Waals surface area contributed by atoms with E-state index >= 15 is 0 Å². The first kappa shape index (κ1) is 13.6. The number of benzene rings is 1. The Morgan fingerprint density at radius 1 is 1.28 bits per heavy atom. The van der Waals surface area contributed by atoms with Crippen molar-refractivity contribution < 1.29 is 0 Å². The fourth-order valence-corrected chi connectivity index (χ4v) is 2.96. The average molecular weight is 325 g/mol. The first-order valence-electron chi connectivity index (χ1n) is 6.18. The van der Waals surface area contributed by atoms with Crippen LogP contribution >= 0.6 is 27.3 Å². The van der Waals surface area contributed by atoms with Crippen LogP contribution in [0.4, 0.5) is 5.69 Å². The Bertz CT molecular complexity index is 522. The number of nitrogens with one attached hydrogen (secondary N) is 1. The van der Waals surface area contributed by atoms with Gasteiger partial charge in [-0.2, -0.15) is 0 Å². The topological polar surface area (TPSA) is 24.9 Å². The summed E-state index contributed by atoms with van der Waals surface area (Å²) in [6.07, 6.45) is 2.04. The molecule has 0 atom stereocenters. The molecule has 0 saturated heterocycles. The van der Waals surface area contributed by atoms with Gasteiger partial charge in [0.25, 0.3) is 0 Å². The van der Waals surface area contributed by atoms with Gasteiger partial charge in [0.2, 0.25) is 0 Å². The number of halogens is 1. The summed E-state index contributed by atoms with van der Waals surface area (Å²) in [6, 6.07) is 6.36. The molecule has 0 aliphatic rings. The predicted molar refractivity (Wildman–Crippen MR) is 82.3 cm³/mol. The zero-order valence-corrected chi connectivity index (χ0v) is 13.1. The van der Waals surface area contributed by atoms with E-state index < -0.39 is 0 Å². The van der Waals surface area contributed by atoms with Crippen LogP contribution in [0, 0.1) is 0 Å². The lowest BCUT2D eigenvalue weighted by Crippen LogP contribution is -2.02. The molecule has 2 nitrogen and oxygen atoms in total. The second kappa shape index (κ2) is 6.34. The van der Waals surface area contributed by atoms with Gasteiger partial charge in [0.05, 0.1) is 17.2 Å². The highest BCUT2D eigenvalue weighted by Crippen LogP contribution is 2.22. The SMILES string of the molecule is CCc1nc(CNc2ccc(Br)cc2CC)cs1. The maximum Gasteiger partial charge on any atom is 0.0926 e. The average Bonchev–Trinajstić information content (AvgIpc) is 2.85. The summed E-state index contributed by atoms with van der Waals surface area (Å²) >= 11 is 5.25. The number of aromatic nitrogens is 1. The normalized spacial score (nSPS) is 10.6. The molecule has 96 valence electrons. The lowest BCUT2D eigenvalue weighted by atomic mass is 10.1. The van der Waals surface area contributed by atoms with Gasteiger partial charge in [0.15, 0.2) is 0 Å². The summed E-state index contributed by atoms with van der Waals surface area (Å²) in [4.78, 5) is 4.56. The minimum atomic E-state index is 0.797. The van der Waals surface area contributed by atoms with Gasteiger partial charge in [-0.3, -0.25) is 0 Å². The third-order valence-electron chi connectivity index (χ3n) is 2.81. The highest BCUT2D eigenvalue weighted by Gasteiger charge is 2.03. The van der Waals surface area contributed by atoms with Crippen molar-refractivity contribution >= 4 is 33.0 Å². The van der Waals surface area contributed by atoms with Crippen LogP contribution in [0.3, 0.4) is 0 Å². The summed E-state index contributed by atoms with van der Waals surface area (Å²) in [5.74, 6) is 0. The molecule has 0 spiro atoms. The van der Waals surface area contributed by atoms with Gasteiger partial charge < -0.3 is 5.32 Å². The van der Waals surface area contributed by atoms with Crippen LogP contribution in [-0.4, -0.2) is 4.98 Å². The molecule has 0 amide bonds. The van der Waals surface area contributed by atoms with E-state index in [1.807, 2.05) is 0 Å². The van der Waals surface area contributed by atoms with E-state index in [1.165, 1.54) is 16.3 Å². The van der Waals surface area contributed by atoms with E-state index in [1.54, 1.807) is 11.3 Å². The minimum Gasteiger partial charge on any atom is -0.379 e.